The van der Waals surface area contributed by atoms with Gasteiger partial charge < -0.3 is 16.0 Å². The maximum absolute atomic E-state index is 13.4. The van der Waals surface area contributed by atoms with Gasteiger partial charge in [-0.05, 0) is 55.8 Å². The van der Waals surface area contributed by atoms with Crippen molar-refractivity contribution in [2.45, 2.75) is 36.2 Å². The Bertz CT molecular complexity index is 1360. The lowest BCUT2D eigenvalue weighted by molar-refractivity contribution is 0.0943. The van der Waals surface area contributed by atoms with Gasteiger partial charge in [0.25, 0.3) is 5.91 Å². The van der Waals surface area contributed by atoms with Crippen LogP contribution < -0.4 is 16.0 Å². The zero-order chi connectivity index (χ0) is 24.7. The first-order chi connectivity index (χ1) is 16.2. The predicted molar refractivity (Wildman–Crippen MR) is 128 cm³/mol. The molecule has 1 heterocycles. The number of pyridine rings is 1. The zero-order valence-electron chi connectivity index (χ0n) is 18.7. The number of carbonyl (C=O) groups is 1. The van der Waals surface area contributed by atoms with Gasteiger partial charge in [0.05, 0.1) is 9.79 Å². The van der Waals surface area contributed by atoms with Crippen molar-refractivity contribution in [3.05, 3.63) is 83.7 Å². The van der Waals surface area contributed by atoms with Crippen molar-refractivity contribution in [3.63, 3.8) is 0 Å². The number of hydrogen-bond acceptors (Lipinski definition) is 6. The molecule has 0 aliphatic carbocycles. The topological polar surface area (TPSA) is 148 Å². The van der Waals surface area contributed by atoms with Gasteiger partial charge in [-0.1, -0.05) is 24.3 Å². The number of nitrogens with one attached hydrogen (secondary N) is 4. The summed E-state index contributed by atoms with van der Waals surface area (Å²) >= 11 is 0. The summed E-state index contributed by atoms with van der Waals surface area (Å²) in [5, 5.41) is 25.4. The first kappa shape index (κ1) is 24.4. The summed E-state index contributed by atoms with van der Waals surface area (Å²) in [6, 6.07) is 17.3. The second-order valence-electron chi connectivity index (χ2n) is 7.66. The number of guanidine groups is 1. The zero-order valence-corrected chi connectivity index (χ0v) is 19.5. The molecule has 0 spiro atoms. The molecular formula is C24H24N6O3S. The molecule has 0 aliphatic heterocycles. The summed E-state index contributed by atoms with van der Waals surface area (Å²) in [6.07, 6.45) is 1.45. The normalized spacial score (nSPS) is 10.9. The largest absolute Gasteiger partial charge is 0.352 e. The van der Waals surface area contributed by atoms with Crippen molar-refractivity contribution < 1.29 is 13.2 Å². The van der Waals surface area contributed by atoms with E-state index in [9.17, 15) is 13.2 Å². The second kappa shape index (κ2) is 10.6. The third-order valence-corrected chi connectivity index (χ3v) is 6.54. The quantitative estimate of drug-likeness (QED) is 0.302. The molecule has 1 amide bonds. The number of anilines is 1. The number of nitriles is 1. The number of carbonyl (C=O) groups excluding carboxylic acids is 1. The molecule has 0 unspecified atom stereocenters. The van der Waals surface area contributed by atoms with E-state index in [0.29, 0.717) is 11.3 Å². The smallest absolute Gasteiger partial charge is 0.251 e. The summed E-state index contributed by atoms with van der Waals surface area (Å²) in [5.74, 6) is -0.424. The van der Waals surface area contributed by atoms with Crippen LogP contribution in [-0.2, 0) is 16.4 Å². The highest BCUT2D eigenvalue weighted by atomic mass is 32.2. The lowest BCUT2D eigenvalue weighted by atomic mass is 10.2. The average Bonchev–Trinajstić information content (AvgIpc) is 2.82. The van der Waals surface area contributed by atoms with E-state index in [-0.39, 0.29) is 45.5 Å². The van der Waals surface area contributed by atoms with E-state index in [4.69, 9.17) is 10.7 Å². The van der Waals surface area contributed by atoms with Crippen LogP contribution in [0.1, 0.15) is 35.5 Å². The maximum atomic E-state index is 13.4. The van der Waals surface area contributed by atoms with Gasteiger partial charge in [0.2, 0.25) is 9.84 Å². The predicted octanol–water partition coefficient (Wildman–Crippen LogP) is 3.06. The number of benzene rings is 2. The Kier molecular flexibility index (Phi) is 7.60. The Hall–Kier alpha value is -4.23. The molecule has 4 N–H and O–H groups in total. The van der Waals surface area contributed by atoms with Crippen molar-refractivity contribution in [2.24, 2.45) is 0 Å². The maximum Gasteiger partial charge on any atom is 0.251 e. The van der Waals surface area contributed by atoms with Crippen LogP contribution in [-0.4, -0.2) is 31.3 Å². The SMILES string of the molecule is CC(C)NC(=O)c1cccc(S(=O)(=O)c2ccccc2CNC(=N)Nc2ccnc(C#N)c2)c1. The van der Waals surface area contributed by atoms with E-state index in [2.05, 4.69) is 20.9 Å². The van der Waals surface area contributed by atoms with Crippen LogP contribution in [0.4, 0.5) is 5.69 Å². The van der Waals surface area contributed by atoms with Crippen LogP contribution in [0, 0.1) is 16.7 Å². The van der Waals surface area contributed by atoms with Gasteiger partial charge in [0, 0.05) is 30.0 Å². The minimum atomic E-state index is -3.93. The molecule has 0 bridgehead atoms. The number of rotatable bonds is 7. The summed E-state index contributed by atoms with van der Waals surface area (Å²) in [6.45, 7) is 3.71. The lowest BCUT2D eigenvalue weighted by Crippen LogP contribution is -2.30. The van der Waals surface area contributed by atoms with Crippen LogP contribution in [0.5, 0.6) is 0 Å². The first-order valence-electron chi connectivity index (χ1n) is 10.4. The van der Waals surface area contributed by atoms with Gasteiger partial charge in [-0.2, -0.15) is 5.26 Å². The van der Waals surface area contributed by atoms with E-state index < -0.39 is 9.84 Å². The summed E-state index contributed by atoms with van der Waals surface area (Å²) in [4.78, 5) is 16.3. The monoisotopic (exact) mass is 476 g/mol. The Balaban J connectivity index is 1.80. The highest BCUT2D eigenvalue weighted by Crippen LogP contribution is 2.25. The van der Waals surface area contributed by atoms with E-state index in [1.54, 1.807) is 30.3 Å². The molecule has 0 saturated carbocycles. The van der Waals surface area contributed by atoms with Gasteiger partial charge in [0.15, 0.2) is 5.96 Å². The Morgan fingerprint density at radius 2 is 1.88 bits per heavy atom. The van der Waals surface area contributed by atoms with Gasteiger partial charge in [-0.25, -0.2) is 13.4 Å². The number of hydrogen-bond donors (Lipinski definition) is 4. The van der Waals surface area contributed by atoms with Crippen LogP contribution >= 0.6 is 0 Å². The Labute approximate surface area is 198 Å². The van der Waals surface area contributed by atoms with Crippen LogP contribution in [0.25, 0.3) is 0 Å². The molecule has 0 saturated heterocycles. The number of nitrogens with zero attached hydrogens (tertiary/aromatic N) is 2. The second-order valence-corrected chi connectivity index (χ2v) is 9.58. The molecule has 2 aromatic carbocycles. The molecule has 3 aromatic rings. The molecule has 0 radical (unpaired) electrons. The minimum absolute atomic E-state index is 0.00498. The van der Waals surface area contributed by atoms with Gasteiger partial charge in [0.1, 0.15) is 11.8 Å². The van der Waals surface area contributed by atoms with Gasteiger partial charge >= 0.3 is 0 Å². The highest BCUT2D eigenvalue weighted by molar-refractivity contribution is 7.91. The molecule has 34 heavy (non-hydrogen) atoms. The molecular weight excluding hydrogens is 452 g/mol. The summed E-state index contributed by atoms with van der Waals surface area (Å²) in [7, 11) is -3.93. The molecule has 0 fully saturated rings. The first-order valence-corrected chi connectivity index (χ1v) is 11.9. The number of sulfone groups is 1. The third kappa shape index (κ3) is 5.96. The number of aromatic nitrogens is 1. The van der Waals surface area contributed by atoms with Crippen molar-refractivity contribution in [1.29, 1.82) is 10.7 Å². The van der Waals surface area contributed by atoms with Crippen molar-refractivity contribution in [1.82, 2.24) is 15.6 Å². The fraction of sp³-hybridized carbons (Fsp3) is 0.167. The molecule has 1 aromatic heterocycles. The van der Waals surface area contributed by atoms with Gasteiger partial charge in [-0.15, -0.1) is 0 Å². The molecule has 0 aliphatic rings. The van der Waals surface area contributed by atoms with Crippen molar-refractivity contribution >= 4 is 27.4 Å². The van der Waals surface area contributed by atoms with Crippen LogP contribution in [0.15, 0.2) is 76.7 Å². The van der Waals surface area contributed by atoms with Crippen molar-refractivity contribution in [3.8, 4) is 6.07 Å². The van der Waals surface area contributed by atoms with Crippen LogP contribution in [0.3, 0.4) is 0 Å². The van der Waals surface area contributed by atoms with E-state index >= 15 is 0 Å². The summed E-state index contributed by atoms with van der Waals surface area (Å²) < 4.78 is 26.8. The average molecular weight is 477 g/mol. The van der Waals surface area contributed by atoms with Crippen molar-refractivity contribution in [2.75, 3.05) is 5.32 Å². The van der Waals surface area contributed by atoms with Gasteiger partial charge in [-0.3, -0.25) is 10.2 Å². The molecule has 10 heteroatoms. The van der Waals surface area contributed by atoms with E-state index in [0.717, 1.165) is 0 Å². The highest BCUT2D eigenvalue weighted by Gasteiger charge is 2.22. The minimum Gasteiger partial charge on any atom is -0.352 e. The fourth-order valence-electron chi connectivity index (χ4n) is 3.13. The summed E-state index contributed by atoms with van der Waals surface area (Å²) in [5.41, 5.74) is 1.42. The Morgan fingerprint density at radius 1 is 1.12 bits per heavy atom. The molecule has 3 rings (SSSR count). The standard InChI is InChI=1S/C24H24N6O3S/c1-16(2)29-23(31)17-7-5-8-21(12-17)34(32,33)22-9-4-3-6-18(22)15-28-24(26)30-19-10-11-27-20(13-19)14-25/h3-13,16H,15H2,1-2H3,(H,29,31)(H3,26,27,28,30). The van der Waals surface area contributed by atoms with E-state index in [1.807, 2.05) is 19.9 Å². The third-order valence-electron chi connectivity index (χ3n) is 4.69. The van der Waals surface area contributed by atoms with Crippen LogP contribution in [0.2, 0.25) is 0 Å². The lowest BCUT2D eigenvalue weighted by Gasteiger charge is -2.14. The number of amides is 1. The molecule has 9 nitrogen and oxygen atoms in total. The Morgan fingerprint density at radius 3 is 2.62 bits per heavy atom. The fourth-order valence-corrected chi connectivity index (χ4v) is 4.67. The van der Waals surface area contributed by atoms with E-state index in [1.165, 1.54) is 36.5 Å². The molecule has 0 atom stereocenters. The molecule has 174 valence electrons.